The van der Waals surface area contributed by atoms with E-state index in [1.165, 1.54) is 0 Å². The molecular weight excluding hydrogens is 350 g/mol. The molecule has 0 aromatic heterocycles. The standard InChI is InChI=1S/C19H25N3O5/c1-21-8-19(9-21)10-22(11-19)18(24)17-16(20-15(23)7-27-17)12-4-5-13(25-2)14(6-12)26-3/h4-6,16-17H,7-11H2,1-3H3,(H,20,23)/t16-,17+/m1/s1. The number of amides is 2. The smallest absolute Gasteiger partial charge is 0.254 e. The molecule has 0 aliphatic carbocycles. The normalized spacial score (nSPS) is 26.8. The van der Waals surface area contributed by atoms with E-state index in [2.05, 4.69) is 17.3 Å². The summed E-state index contributed by atoms with van der Waals surface area (Å²) in [5, 5.41) is 2.90. The zero-order valence-electron chi connectivity index (χ0n) is 15.9. The van der Waals surface area contributed by atoms with Gasteiger partial charge in [-0.25, -0.2) is 0 Å². The lowest BCUT2D eigenvalue weighted by molar-refractivity contribution is -0.174. The van der Waals surface area contributed by atoms with E-state index in [9.17, 15) is 9.59 Å². The van der Waals surface area contributed by atoms with Gasteiger partial charge in [-0.2, -0.15) is 0 Å². The number of morpholine rings is 1. The van der Waals surface area contributed by atoms with Crippen molar-refractivity contribution in [2.75, 3.05) is 54.1 Å². The maximum atomic E-state index is 13.0. The van der Waals surface area contributed by atoms with Gasteiger partial charge >= 0.3 is 0 Å². The highest BCUT2D eigenvalue weighted by molar-refractivity contribution is 5.87. The Balaban J connectivity index is 1.52. The number of nitrogens with zero attached hydrogens (tertiary/aromatic N) is 2. The Morgan fingerprint density at radius 2 is 1.89 bits per heavy atom. The van der Waals surface area contributed by atoms with E-state index in [1.54, 1.807) is 26.4 Å². The van der Waals surface area contributed by atoms with E-state index < -0.39 is 12.1 Å². The fourth-order valence-corrected chi connectivity index (χ4v) is 4.47. The van der Waals surface area contributed by atoms with Gasteiger partial charge in [0, 0.05) is 31.6 Å². The fraction of sp³-hybridized carbons (Fsp3) is 0.579. The van der Waals surface area contributed by atoms with Gasteiger partial charge in [0.1, 0.15) is 6.61 Å². The van der Waals surface area contributed by atoms with Gasteiger partial charge < -0.3 is 29.3 Å². The zero-order valence-corrected chi connectivity index (χ0v) is 15.9. The van der Waals surface area contributed by atoms with Crippen LogP contribution in [0.15, 0.2) is 18.2 Å². The molecule has 8 nitrogen and oxygen atoms in total. The molecule has 146 valence electrons. The molecule has 4 rings (SSSR count). The Morgan fingerprint density at radius 3 is 2.52 bits per heavy atom. The molecule has 1 spiro atoms. The van der Waals surface area contributed by atoms with Crippen molar-refractivity contribution >= 4 is 11.8 Å². The molecular formula is C19H25N3O5. The van der Waals surface area contributed by atoms with E-state index in [0.717, 1.165) is 31.7 Å². The van der Waals surface area contributed by atoms with E-state index in [1.807, 2.05) is 11.0 Å². The summed E-state index contributed by atoms with van der Waals surface area (Å²) in [7, 11) is 5.20. The summed E-state index contributed by atoms with van der Waals surface area (Å²) >= 11 is 0. The molecule has 27 heavy (non-hydrogen) atoms. The largest absolute Gasteiger partial charge is 0.493 e. The summed E-state index contributed by atoms with van der Waals surface area (Å²) in [5.74, 6) is 0.821. The number of carbonyl (C=O) groups excluding carboxylic acids is 2. The number of ether oxygens (including phenoxy) is 3. The quantitative estimate of drug-likeness (QED) is 0.800. The van der Waals surface area contributed by atoms with Gasteiger partial charge in [0.2, 0.25) is 5.91 Å². The molecule has 1 aromatic carbocycles. The van der Waals surface area contributed by atoms with Crippen LogP contribution in [0, 0.1) is 5.41 Å². The Bertz CT molecular complexity index is 754. The van der Waals surface area contributed by atoms with Crippen LogP contribution < -0.4 is 14.8 Å². The average Bonchev–Trinajstić information content (AvgIpc) is 2.62. The molecule has 3 fully saturated rings. The first-order chi connectivity index (χ1) is 12.9. The van der Waals surface area contributed by atoms with E-state index in [-0.39, 0.29) is 23.8 Å². The Morgan fingerprint density at radius 1 is 1.19 bits per heavy atom. The zero-order chi connectivity index (χ0) is 19.2. The van der Waals surface area contributed by atoms with Crippen LogP contribution in [0.1, 0.15) is 11.6 Å². The highest BCUT2D eigenvalue weighted by atomic mass is 16.5. The first kappa shape index (κ1) is 18.1. The van der Waals surface area contributed by atoms with Gasteiger partial charge in [-0.05, 0) is 24.7 Å². The van der Waals surface area contributed by atoms with Gasteiger partial charge in [-0.3, -0.25) is 9.59 Å². The van der Waals surface area contributed by atoms with Crippen LogP contribution in [-0.2, 0) is 14.3 Å². The van der Waals surface area contributed by atoms with Crippen molar-refractivity contribution in [1.82, 2.24) is 15.1 Å². The fourth-order valence-electron chi connectivity index (χ4n) is 4.47. The van der Waals surface area contributed by atoms with Crippen LogP contribution in [0.4, 0.5) is 0 Å². The van der Waals surface area contributed by atoms with Crippen molar-refractivity contribution in [3.8, 4) is 11.5 Å². The van der Waals surface area contributed by atoms with Crippen molar-refractivity contribution in [2.24, 2.45) is 5.41 Å². The third-order valence-corrected chi connectivity index (χ3v) is 5.60. The SMILES string of the molecule is COc1ccc([C@H]2NC(=O)CO[C@@H]2C(=O)N2CC3(CN(C)C3)C2)cc1OC. The predicted molar refractivity (Wildman–Crippen MR) is 96.7 cm³/mol. The van der Waals surface area contributed by atoms with Crippen molar-refractivity contribution < 1.29 is 23.8 Å². The molecule has 3 aliphatic rings. The lowest BCUT2D eigenvalue weighted by Crippen LogP contribution is -2.73. The van der Waals surface area contributed by atoms with Crippen molar-refractivity contribution in [1.29, 1.82) is 0 Å². The van der Waals surface area contributed by atoms with E-state index in [0.29, 0.717) is 11.5 Å². The molecule has 3 heterocycles. The van der Waals surface area contributed by atoms with Crippen LogP contribution in [-0.4, -0.2) is 81.8 Å². The molecule has 0 saturated carbocycles. The Labute approximate surface area is 158 Å². The van der Waals surface area contributed by atoms with Gasteiger partial charge in [0.15, 0.2) is 17.6 Å². The molecule has 1 N–H and O–H groups in total. The Kier molecular flexibility index (Phi) is 4.47. The molecule has 0 radical (unpaired) electrons. The lowest BCUT2D eigenvalue weighted by atomic mass is 9.73. The number of likely N-dealkylation sites (tertiary alicyclic amines) is 2. The number of benzene rings is 1. The molecule has 0 unspecified atom stereocenters. The second-order valence-corrected chi connectivity index (χ2v) is 7.76. The summed E-state index contributed by atoms with van der Waals surface area (Å²) in [5.41, 5.74) is 0.999. The van der Waals surface area contributed by atoms with E-state index in [4.69, 9.17) is 14.2 Å². The number of hydrogen-bond donors (Lipinski definition) is 1. The van der Waals surface area contributed by atoms with Crippen LogP contribution >= 0.6 is 0 Å². The van der Waals surface area contributed by atoms with Crippen molar-refractivity contribution in [3.63, 3.8) is 0 Å². The van der Waals surface area contributed by atoms with Gasteiger partial charge in [-0.1, -0.05) is 6.07 Å². The molecule has 3 aliphatic heterocycles. The van der Waals surface area contributed by atoms with Gasteiger partial charge in [0.05, 0.1) is 20.3 Å². The highest BCUT2D eigenvalue weighted by Gasteiger charge is 2.53. The van der Waals surface area contributed by atoms with Crippen LogP contribution in [0.3, 0.4) is 0 Å². The Hall–Kier alpha value is -2.32. The summed E-state index contributed by atoms with van der Waals surface area (Å²) in [6.45, 7) is 3.45. The summed E-state index contributed by atoms with van der Waals surface area (Å²) in [4.78, 5) is 29.0. The maximum absolute atomic E-state index is 13.0. The van der Waals surface area contributed by atoms with Crippen molar-refractivity contribution in [2.45, 2.75) is 12.1 Å². The second kappa shape index (κ2) is 6.69. The number of hydrogen-bond acceptors (Lipinski definition) is 6. The second-order valence-electron chi connectivity index (χ2n) is 7.76. The minimum absolute atomic E-state index is 0.0741. The maximum Gasteiger partial charge on any atom is 0.254 e. The predicted octanol–water partition coefficient (Wildman–Crippen LogP) is 0.0339. The lowest BCUT2D eigenvalue weighted by Gasteiger charge is -2.60. The molecule has 2 atom stereocenters. The monoisotopic (exact) mass is 375 g/mol. The van der Waals surface area contributed by atoms with Crippen LogP contribution in [0.2, 0.25) is 0 Å². The minimum atomic E-state index is -0.740. The summed E-state index contributed by atoms with van der Waals surface area (Å²) in [6, 6.07) is 4.80. The number of nitrogens with one attached hydrogen (secondary N) is 1. The molecule has 1 aromatic rings. The van der Waals surface area contributed by atoms with Gasteiger partial charge in [-0.15, -0.1) is 0 Å². The average molecular weight is 375 g/mol. The van der Waals surface area contributed by atoms with Crippen LogP contribution in [0.25, 0.3) is 0 Å². The number of rotatable bonds is 4. The van der Waals surface area contributed by atoms with Gasteiger partial charge in [0.25, 0.3) is 5.91 Å². The summed E-state index contributed by atoms with van der Waals surface area (Å²) in [6.07, 6.45) is -0.740. The molecule has 2 amide bonds. The molecule has 3 saturated heterocycles. The van der Waals surface area contributed by atoms with E-state index >= 15 is 0 Å². The topological polar surface area (TPSA) is 80.3 Å². The minimum Gasteiger partial charge on any atom is -0.493 e. The number of methoxy groups -OCH3 is 2. The first-order valence-corrected chi connectivity index (χ1v) is 9.05. The molecule has 8 heteroatoms. The third kappa shape index (κ3) is 3.12. The number of carbonyl (C=O) groups is 2. The third-order valence-electron chi connectivity index (χ3n) is 5.60. The van der Waals surface area contributed by atoms with Crippen LogP contribution in [0.5, 0.6) is 11.5 Å². The highest BCUT2D eigenvalue weighted by Crippen LogP contribution is 2.40. The summed E-state index contributed by atoms with van der Waals surface area (Å²) < 4.78 is 16.3. The molecule has 0 bridgehead atoms. The van der Waals surface area contributed by atoms with Crippen molar-refractivity contribution in [3.05, 3.63) is 23.8 Å². The first-order valence-electron chi connectivity index (χ1n) is 9.05.